The highest BCUT2D eigenvalue weighted by Gasteiger charge is 2.14. The Morgan fingerprint density at radius 3 is 3.04 bits per heavy atom. The lowest BCUT2D eigenvalue weighted by Gasteiger charge is -2.05. The Kier molecular flexibility index (Phi) is 4.68. The second-order valence-corrected chi connectivity index (χ2v) is 7.81. The molecule has 0 aliphatic carbocycles. The van der Waals surface area contributed by atoms with Gasteiger partial charge in [0.05, 0.1) is 28.8 Å². The number of nitrogens with zero attached hydrogens (tertiary/aromatic N) is 3. The molecule has 8 heteroatoms. The SMILES string of the molecule is Nc1nc(-c2cccs2)c(CCC(=O)NCc2ncc3ccccn23)s1. The molecule has 0 spiro atoms. The molecule has 0 unspecified atom stereocenters. The number of nitrogen functional groups attached to an aromatic ring is 1. The Hall–Kier alpha value is -2.71. The third kappa shape index (κ3) is 3.47. The van der Waals surface area contributed by atoms with Gasteiger partial charge < -0.3 is 15.5 Å². The molecule has 0 saturated heterocycles. The first kappa shape index (κ1) is 16.7. The molecule has 0 aromatic carbocycles. The van der Waals surface area contributed by atoms with Gasteiger partial charge in [0.1, 0.15) is 5.82 Å². The number of aryl methyl sites for hydroxylation is 1. The predicted molar refractivity (Wildman–Crippen MR) is 105 cm³/mol. The monoisotopic (exact) mass is 383 g/mol. The minimum absolute atomic E-state index is 0.0122. The van der Waals surface area contributed by atoms with E-state index in [9.17, 15) is 4.79 Å². The first-order chi connectivity index (χ1) is 12.7. The number of hydrogen-bond donors (Lipinski definition) is 2. The average molecular weight is 384 g/mol. The minimum Gasteiger partial charge on any atom is -0.375 e. The fourth-order valence-corrected chi connectivity index (χ4v) is 4.42. The van der Waals surface area contributed by atoms with Gasteiger partial charge in [-0.15, -0.1) is 22.7 Å². The van der Waals surface area contributed by atoms with E-state index in [0.29, 0.717) is 24.5 Å². The number of carbonyl (C=O) groups is 1. The van der Waals surface area contributed by atoms with Crippen molar-refractivity contribution in [2.24, 2.45) is 0 Å². The van der Waals surface area contributed by atoms with Gasteiger partial charge >= 0.3 is 0 Å². The fourth-order valence-electron chi connectivity index (χ4n) is 2.77. The summed E-state index contributed by atoms with van der Waals surface area (Å²) in [6.07, 6.45) is 4.76. The summed E-state index contributed by atoms with van der Waals surface area (Å²) in [5.41, 5.74) is 7.78. The lowest BCUT2D eigenvalue weighted by molar-refractivity contribution is -0.121. The van der Waals surface area contributed by atoms with Gasteiger partial charge in [-0.1, -0.05) is 12.1 Å². The normalized spacial score (nSPS) is 11.1. The van der Waals surface area contributed by atoms with E-state index >= 15 is 0 Å². The first-order valence-corrected chi connectivity index (χ1v) is 9.87. The molecular formula is C18H17N5OS2. The number of rotatable bonds is 6. The molecule has 0 saturated carbocycles. The van der Waals surface area contributed by atoms with Crippen molar-refractivity contribution in [1.82, 2.24) is 19.7 Å². The van der Waals surface area contributed by atoms with Gasteiger partial charge in [-0.25, -0.2) is 9.97 Å². The van der Waals surface area contributed by atoms with Crippen molar-refractivity contribution in [3.63, 3.8) is 0 Å². The molecule has 132 valence electrons. The maximum atomic E-state index is 12.3. The Balaban J connectivity index is 1.38. The molecule has 0 atom stereocenters. The topological polar surface area (TPSA) is 85.3 Å². The third-order valence-corrected chi connectivity index (χ3v) is 5.83. The van der Waals surface area contributed by atoms with Gasteiger partial charge in [0.2, 0.25) is 5.91 Å². The van der Waals surface area contributed by atoms with Crippen LogP contribution in [-0.2, 0) is 17.8 Å². The highest BCUT2D eigenvalue weighted by molar-refractivity contribution is 7.17. The van der Waals surface area contributed by atoms with Crippen LogP contribution in [0.3, 0.4) is 0 Å². The Labute approximate surface area is 158 Å². The molecule has 26 heavy (non-hydrogen) atoms. The third-order valence-electron chi connectivity index (χ3n) is 4.01. The maximum Gasteiger partial charge on any atom is 0.220 e. The molecule has 3 N–H and O–H groups in total. The zero-order valence-corrected chi connectivity index (χ0v) is 15.5. The number of carbonyl (C=O) groups excluding carboxylic acids is 1. The van der Waals surface area contributed by atoms with Crippen molar-refractivity contribution in [3.05, 3.63) is 58.8 Å². The van der Waals surface area contributed by atoms with Crippen molar-refractivity contribution in [1.29, 1.82) is 0 Å². The number of imidazole rings is 1. The van der Waals surface area contributed by atoms with Crippen molar-refractivity contribution < 1.29 is 4.79 Å². The van der Waals surface area contributed by atoms with Gasteiger partial charge in [0, 0.05) is 17.5 Å². The summed E-state index contributed by atoms with van der Waals surface area (Å²) in [6.45, 7) is 0.402. The van der Waals surface area contributed by atoms with Crippen LogP contribution in [-0.4, -0.2) is 20.3 Å². The number of amides is 1. The largest absolute Gasteiger partial charge is 0.375 e. The van der Waals surface area contributed by atoms with E-state index in [1.165, 1.54) is 11.3 Å². The molecule has 1 amide bonds. The van der Waals surface area contributed by atoms with Crippen molar-refractivity contribution in [2.45, 2.75) is 19.4 Å². The van der Waals surface area contributed by atoms with Crippen LogP contribution in [0.4, 0.5) is 5.13 Å². The Bertz CT molecular complexity index is 1040. The van der Waals surface area contributed by atoms with Crippen LogP contribution in [0, 0.1) is 0 Å². The predicted octanol–water partition coefficient (Wildman–Crippen LogP) is 3.35. The number of aromatic nitrogens is 3. The lowest BCUT2D eigenvalue weighted by atomic mass is 10.2. The van der Waals surface area contributed by atoms with Crippen molar-refractivity contribution in [3.8, 4) is 10.6 Å². The van der Waals surface area contributed by atoms with Crippen LogP contribution >= 0.6 is 22.7 Å². The average Bonchev–Trinajstić information content (AvgIpc) is 3.37. The lowest BCUT2D eigenvalue weighted by Crippen LogP contribution is -2.24. The standard InChI is InChI=1S/C18H17N5OS2/c19-18-22-17(13-5-3-9-25-13)14(26-18)6-7-16(24)21-11-15-20-10-12-4-1-2-8-23(12)15/h1-5,8-10H,6-7,11H2,(H2,19,22)(H,21,24). The zero-order valence-electron chi connectivity index (χ0n) is 13.9. The molecule has 4 aromatic heterocycles. The van der Waals surface area contributed by atoms with Crippen LogP contribution in [0.15, 0.2) is 48.1 Å². The van der Waals surface area contributed by atoms with E-state index < -0.39 is 0 Å². The molecule has 4 rings (SSSR count). The van der Waals surface area contributed by atoms with Crippen molar-refractivity contribution >= 4 is 39.2 Å². The molecule has 6 nitrogen and oxygen atoms in total. The summed E-state index contributed by atoms with van der Waals surface area (Å²) in [5, 5.41) is 5.49. The molecule has 4 aromatic rings. The van der Waals surface area contributed by atoms with Gasteiger partial charge in [-0.3, -0.25) is 4.79 Å². The summed E-state index contributed by atoms with van der Waals surface area (Å²) in [5.74, 6) is 0.803. The van der Waals surface area contributed by atoms with Gasteiger partial charge in [-0.2, -0.15) is 0 Å². The van der Waals surface area contributed by atoms with Crippen LogP contribution in [0.2, 0.25) is 0 Å². The van der Waals surface area contributed by atoms with E-state index in [4.69, 9.17) is 5.73 Å². The van der Waals surface area contributed by atoms with Gasteiger partial charge in [0.25, 0.3) is 0 Å². The van der Waals surface area contributed by atoms with Crippen LogP contribution in [0.1, 0.15) is 17.1 Å². The number of nitrogens with one attached hydrogen (secondary N) is 1. The summed E-state index contributed by atoms with van der Waals surface area (Å²) in [4.78, 5) is 23.2. The zero-order chi connectivity index (χ0) is 17.9. The minimum atomic E-state index is -0.0122. The number of thiazole rings is 1. The molecule has 0 fully saturated rings. The van der Waals surface area contributed by atoms with Crippen molar-refractivity contribution in [2.75, 3.05) is 5.73 Å². The van der Waals surface area contributed by atoms with E-state index in [2.05, 4.69) is 15.3 Å². The number of hydrogen-bond acceptors (Lipinski definition) is 6. The summed E-state index contributed by atoms with van der Waals surface area (Å²) in [6, 6.07) is 9.90. The highest BCUT2D eigenvalue weighted by atomic mass is 32.1. The number of pyridine rings is 1. The second kappa shape index (κ2) is 7.27. The van der Waals surface area contributed by atoms with Gasteiger partial charge in [-0.05, 0) is 30.0 Å². The smallest absolute Gasteiger partial charge is 0.220 e. The van der Waals surface area contributed by atoms with Crippen LogP contribution in [0.5, 0.6) is 0 Å². The fraction of sp³-hybridized carbons (Fsp3) is 0.167. The first-order valence-electron chi connectivity index (χ1n) is 8.17. The van der Waals surface area contributed by atoms with Crippen LogP contribution in [0.25, 0.3) is 16.1 Å². The van der Waals surface area contributed by atoms with Gasteiger partial charge in [0.15, 0.2) is 5.13 Å². The van der Waals surface area contributed by atoms with Crippen LogP contribution < -0.4 is 11.1 Å². The maximum absolute atomic E-state index is 12.3. The molecule has 0 bridgehead atoms. The van der Waals surface area contributed by atoms with E-state index in [0.717, 1.165) is 26.8 Å². The number of anilines is 1. The second-order valence-electron chi connectivity index (χ2n) is 5.75. The summed E-state index contributed by atoms with van der Waals surface area (Å²) in [7, 11) is 0. The summed E-state index contributed by atoms with van der Waals surface area (Å²) < 4.78 is 1.97. The summed E-state index contributed by atoms with van der Waals surface area (Å²) >= 11 is 3.07. The molecule has 0 radical (unpaired) electrons. The number of fused-ring (bicyclic) bond motifs is 1. The highest BCUT2D eigenvalue weighted by Crippen LogP contribution is 2.33. The van der Waals surface area contributed by atoms with E-state index in [1.54, 1.807) is 17.5 Å². The Morgan fingerprint density at radius 1 is 1.27 bits per heavy atom. The number of thiophene rings is 1. The molecule has 4 heterocycles. The molecular weight excluding hydrogens is 366 g/mol. The molecule has 0 aliphatic heterocycles. The molecule has 0 aliphatic rings. The van der Waals surface area contributed by atoms with E-state index in [1.807, 2.05) is 46.3 Å². The Morgan fingerprint density at radius 2 is 2.19 bits per heavy atom. The number of nitrogens with two attached hydrogens (primary N) is 1. The quantitative estimate of drug-likeness (QED) is 0.535. The van der Waals surface area contributed by atoms with E-state index in [-0.39, 0.29) is 5.91 Å².